The summed E-state index contributed by atoms with van der Waals surface area (Å²) in [6.45, 7) is 0. The molecule has 0 aliphatic rings. The van der Waals surface area contributed by atoms with E-state index in [9.17, 15) is 9.59 Å². The monoisotopic (exact) mass is 610 g/mol. The zero-order chi connectivity index (χ0) is 29.5. The molecule has 0 bridgehead atoms. The Hall–Kier alpha value is -4.26. The van der Waals surface area contributed by atoms with Crippen molar-refractivity contribution in [3.05, 3.63) is 88.9 Å². The second kappa shape index (κ2) is 16.7. The van der Waals surface area contributed by atoms with E-state index in [1.165, 1.54) is 20.4 Å². The summed E-state index contributed by atoms with van der Waals surface area (Å²) in [5.41, 5.74) is 3.13. The summed E-state index contributed by atoms with van der Waals surface area (Å²) in [6.07, 6.45) is 7.92. The van der Waals surface area contributed by atoms with Crippen molar-refractivity contribution in [3.63, 3.8) is 0 Å². The summed E-state index contributed by atoms with van der Waals surface area (Å²) < 4.78 is 21.2. The van der Waals surface area contributed by atoms with Crippen LogP contribution in [-0.2, 0) is 0 Å². The van der Waals surface area contributed by atoms with E-state index in [1.54, 1.807) is 69.2 Å². The lowest BCUT2D eigenvalue weighted by molar-refractivity contribution is 0.111. The third-order valence-electron chi connectivity index (χ3n) is 5.27. The first kappa shape index (κ1) is 32.0. The zero-order valence-electron chi connectivity index (χ0n) is 22.3. The first-order chi connectivity index (χ1) is 19.3. The fourth-order valence-corrected chi connectivity index (χ4v) is 3.67. The van der Waals surface area contributed by atoms with E-state index in [2.05, 4.69) is 25.9 Å². The van der Waals surface area contributed by atoms with Crippen molar-refractivity contribution in [3.8, 4) is 34.1 Å². The van der Waals surface area contributed by atoms with Crippen molar-refractivity contribution in [2.45, 2.75) is 0 Å². The van der Waals surface area contributed by atoms with Crippen LogP contribution >= 0.6 is 15.9 Å². The van der Waals surface area contributed by atoms with Gasteiger partial charge in [-0.3, -0.25) is 19.6 Å². The lowest BCUT2D eigenvalue weighted by Gasteiger charge is -2.12. The molecule has 40 heavy (non-hydrogen) atoms. The Bertz CT molecular complexity index is 1380. The summed E-state index contributed by atoms with van der Waals surface area (Å²) in [5, 5.41) is 17.1. The summed E-state index contributed by atoms with van der Waals surface area (Å²) >= 11 is 3.24. The zero-order valence-corrected chi connectivity index (χ0v) is 23.9. The van der Waals surface area contributed by atoms with Gasteiger partial charge in [0.1, 0.15) is 0 Å². The molecule has 0 fully saturated rings. The molecule has 0 unspecified atom stereocenters. The van der Waals surface area contributed by atoms with Gasteiger partial charge in [0.15, 0.2) is 35.6 Å². The Kier molecular flexibility index (Phi) is 13.3. The summed E-state index contributed by atoms with van der Waals surface area (Å²) in [6, 6.07) is 13.7. The first-order valence-electron chi connectivity index (χ1n) is 11.6. The number of benzene rings is 2. The van der Waals surface area contributed by atoms with E-state index >= 15 is 0 Å². The van der Waals surface area contributed by atoms with Crippen LogP contribution in [-0.4, -0.2) is 68.1 Å². The molecule has 0 saturated carbocycles. The number of carbonyl (C=O) groups excluding carboxylic acids is 2. The molecule has 4 aromatic rings. The van der Waals surface area contributed by atoms with Crippen molar-refractivity contribution >= 4 is 41.1 Å². The van der Waals surface area contributed by atoms with Crippen LogP contribution in [0.5, 0.6) is 23.0 Å². The Morgan fingerprint density at radius 3 is 1.65 bits per heavy atom. The average Bonchev–Trinajstić information content (AvgIpc) is 3.01. The summed E-state index contributed by atoms with van der Waals surface area (Å²) in [7, 11) is 4.77. The molecule has 2 N–H and O–H groups in total. The third kappa shape index (κ3) is 8.90. The Morgan fingerprint density at radius 2 is 1.23 bits per heavy atom. The van der Waals surface area contributed by atoms with E-state index in [-0.39, 0.29) is 0 Å². The molecule has 2 aromatic carbocycles. The highest BCUT2D eigenvalue weighted by molar-refractivity contribution is 9.10. The van der Waals surface area contributed by atoms with E-state index in [0.29, 0.717) is 44.1 Å². The minimum Gasteiger partial charge on any atom is -0.493 e. The molecule has 10 nitrogen and oxygen atoms in total. The maximum atomic E-state index is 11.2. The second-order valence-electron chi connectivity index (χ2n) is 7.66. The van der Waals surface area contributed by atoms with Gasteiger partial charge >= 0.3 is 7.12 Å². The van der Waals surface area contributed by atoms with Gasteiger partial charge in [0, 0.05) is 51.4 Å². The topological polar surface area (TPSA) is 137 Å². The average molecular weight is 611 g/mol. The van der Waals surface area contributed by atoms with Gasteiger partial charge in [-0.1, -0.05) is 12.1 Å². The van der Waals surface area contributed by atoms with Crippen LogP contribution in [0.25, 0.3) is 11.1 Å². The maximum absolute atomic E-state index is 11.2. The number of carbonyl (C=O) groups is 2. The van der Waals surface area contributed by atoms with Gasteiger partial charge in [0.05, 0.1) is 28.4 Å². The van der Waals surface area contributed by atoms with Crippen LogP contribution in [0, 0.1) is 0 Å². The predicted molar refractivity (Wildman–Crippen MR) is 155 cm³/mol. The Morgan fingerprint density at radius 1 is 0.725 bits per heavy atom. The Balaban J connectivity index is 0.000000224. The highest BCUT2D eigenvalue weighted by atomic mass is 79.9. The molecule has 0 aliphatic heterocycles. The number of aromatic nitrogens is 2. The summed E-state index contributed by atoms with van der Waals surface area (Å²) in [4.78, 5) is 29.5. The number of rotatable bonds is 8. The van der Waals surface area contributed by atoms with Gasteiger partial charge in [-0.25, -0.2) is 0 Å². The quantitative estimate of drug-likeness (QED) is 0.225. The lowest BCUT2D eigenvalue weighted by atomic mass is 9.82. The van der Waals surface area contributed by atoms with E-state index in [4.69, 9.17) is 29.0 Å². The normalized spacial score (nSPS) is 9.57. The number of aldehydes is 2. The number of hydrogen-bond acceptors (Lipinski definition) is 10. The van der Waals surface area contributed by atoms with Gasteiger partial charge in [0.25, 0.3) is 0 Å². The molecule has 0 aliphatic carbocycles. The standard InChI is InChI=1S/C14H13NO3.C9H9BrO3.C5H6BNO2/c1-17-13-6-11(9-16)12(7-14(13)18-2)10-4-3-5-15-8-10;1-12-8-3-6(5-11)7(10)4-9(8)13-2;8-6(9)5-2-1-3-7-4-5/h3-9H,1-2H3;3-5H,1-2H3;1-4,8-9H. The molecule has 4 rings (SSSR count). The highest BCUT2D eigenvalue weighted by Gasteiger charge is 2.12. The second-order valence-corrected chi connectivity index (χ2v) is 8.51. The van der Waals surface area contributed by atoms with Crippen molar-refractivity contribution in [1.29, 1.82) is 0 Å². The SMILES string of the molecule is COc1cc(Br)c(C=O)cc1OC.COc1cc(C=O)c(-c2cccnc2)cc1OC.OB(O)c1cccnc1. The number of pyridine rings is 2. The van der Waals surface area contributed by atoms with Crippen LogP contribution in [0.2, 0.25) is 0 Å². The predicted octanol–water partition coefficient (Wildman–Crippen LogP) is 3.62. The molecular weight excluding hydrogens is 583 g/mol. The fourth-order valence-electron chi connectivity index (χ4n) is 3.25. The van der Waals surface area contributed by atoms with Crippen molar-refractivity contribution < 1.29 is 38.6 Å². The van der Waals surface area contributed by atoms with Gasteiger partial charge < -0.3 is 29.0 Å². The highest BCUT2D eigenvalue weighted by Crippen LogP contribution is 2.35. The van der Waals surface area contributed by atoms with Gasteiger partial charge in [0.2, 0.25) is 0 Å². The van der Waals surface area contributed by atoms with Crippen molar-refractivity contribution in [2.24, 2.45) is 0 Å². The fraction of sp³-hybridized carbons (Fsp3) is 0.143. The molecule has 0 spiro atoms. The van der Waals surface area contributed by atoms with Crippen LogP contribution in [0.4, 0.5) is 0 Å². The Labute approximate surface area is 240 Å². The van der Waals surface area contributed by atoms with Gasteiger partial charge in [-0.05, 0) is 57.9 Å². The first-order valence-corrected chi connectivity index (χ1v) is 12.4. The molecule has 2 aromatic heterocycles. The lowest BCUT2D eigenvalue weighted by Crippen LogP contribution is -2.29. The van der Waals surface area contributed by atoms with Crippen LogP contribution in [0.15, 0.2) is 77.8 Å². The van der Waals surface area contributed by atoms with E-state index in [1.807, 2.05) is 12.1 Å². The number of halogens is 1. The minimum absolute atomic E-state index is 0.414. The number of hydrogen-bond donors (Lipinski definition) is 2. The van der Waals surface area contributed by atoms with Gasteiger partial charge in [-0.2, -0.15) is 0 Å². The molecule has 2 heterocycles. The van der Waals surface area contributed by atoms with Crippen molar-refractivity contribution in [1.82, 2.24) is 9.97 Å². The van der Waals surface area contributed by atoms with E-state index in [0.717, 1.165) is 23.7 Å². The number of ether oxygens (including phenoxy) is 4. The number of nitrogens with zero attached hydrogens (tertiary/aromatic N) is 2. The van der Waals surface area contributed by atoms with E-state index < -0.39 is 7.12 Å². The smallest absolute Gasteiger partial charge is 0.490 e. The molecule has 208 valence electrons. The molecule has 0 amide bonds. The third-order valence-corrected chi connectivity index (χ3v) is 5.95. The van der Waals surface area contributed by atoms with Crippen LogP contribution in [0.1, 0.15) is 20.7 Å². The number of methoxy groups -OCH3 is 4. The van der Waals surface area contributed by atoms with Gasteiger partial charge in [-0.15, -0.1) is 0 Å². The van der Waals surface area contributed by atoms with Crippen LogP contribution in [0.3, 0.4) is 0 Å². The molecular formula is C28H28BBrN2O8. The largest absolute Gasteiger partial charge is 0.493 e. The summed E-state index contributed by atoms with van der Waals surface area (Å²) in [5.74, 6) is 2.27. The molecule has 0 radical (unpaired) electrons. The molecule has 12 heteroatoms. The maximum Gasteiger partial charge on any atom is 0.490 e. The molecule has 0 atom stereocenters. The van der Waals surface area contributed by atoms with Crippen LogP contribution < -0.4 is 24.4 Å². The minimum atomic E-state index is -1.40. The van der Waals surface area contributed by atoms with Crippen molar-refractivity contribution in [2.75, 3.05) is 28.4 Å². The molecule has 0 saturated heterocycles.